The van der Waals surface area contributed by atoms with Gasteiger partial charge in [0.2, 0.25) is 0 Å². The van der Waals surface area contributed by atoms with Crippen LogP contribution in [0.3, 0.4) is 0 Å². The zero-order valence-electron chi connectivity index (χ0n) is 10.7. The quantitative estimate of drug-likeness (QED) is 0.797. The van der Waals surface area contributed by atoms with E-state index in [1.54, 1.807) is 0 Å². The Balaban J connectivity index is 2.35. The molecule has 5 nitrogen and oxygen atoms in total. The third-order valence-corrected chi connectivity index (χ3v) is 3.27. The molecule has 0 saturated carbocycles. The van der Waals surface area contributed by atoms with Gasteiger partial charge in [-0.1, -0.05) is 6.92 Å². The summed E-state index contributed by atoms with van der Waals surface area (Å²) in [6, 6.07) is 0. The first-order valence-electron chi connectivity index (χ1n) is 6.03. The zero-order valence-corrected chi connectivity index (χ0v) is 10.7. The van der Waals surface area contributed by atoms with Crippen molar-refractivity contribution in [3.05, 3.63) is 11.4 Å². The molecular weight excluding hydrogens is 216 g/mol. The van der Waals surface area contributed by atoms with E-state index in [0.29, 0.717) is 12.4 Å². The van der Waals surface area contributed by atoms with Crippen molar-refractivity contribution in [2.45, 2.75) is 39.2 Å². The van der Waals surface area contributed by atoms with E-state index in [-0.39, 0.29) is 0 Å². The second-order valence-electron chi connectivity index (χ2n) is 5.00. The lowest BCUT2D eigenvalue weighted by Crippen LogP contribution is -2.30. The highest BCUT2D eigenvalue weighted by atomic mass is 16.3. The van der Waals surface area contributed by atoms with Gasteiger partial charge in [0, 0.05) is 25.1 Å². The first-order chi connectivity index (χ1) is 7.93. The smallest absolute Gasteiger partial charge is 0.137 e. The van der Waals surface area contributed by atoms with Crippen LogP contribution in [0.25, 0.3) is 0 Å². The molecule has 0 amide bonds. The Morgan fingerprint density at radius 1 is 1.47 bits per heavy atom. The van der Waals surface area contributed by atoms with E-state index in [0.717, 1.165) is 36.6 Å². The van der Waals surface area contributed by atoms with Gasteiger partial charge in [-0.2, -0.15) is 0 Å². The first-order valence-corrected chi connectivity index (χ1v) is 6.03. The molecular formula is C12H20N4O. The van der Waals surface area contributed by atoms with Crippen molar-refractivity contribution in [3.8, 4) is 0 Å². The lowest BCUT2D eigenvalue weighted by atomic mass is 10.1. The number of hydrogen-bond acceptors (Lipinski definition) is 5. The minimum atomic E-state index is -0.626. The van der Waals surface area contributed by atoms with E-state index >= 15 is 0 Å². The van der Waals surface area contributed by atoms with E-state index in [9.17, 15) is 5.11 Å². The lowest BCUT2D eigenvalue weighted by molar-refractivity contribution is 0.0839. The topological polar surface area (TPSA) is 75.3 Å². The zero-order chi connectivity index (χ0) is 12.6. The molecule has 0 aliphatic carbocycles. The molecule has 0 radical (unpaired) electrons. The largest absolute Gasteiger partial charge is 0.388 e. The molecule has 2 rings (SSSR count). The van der Waals surface area contributed by atoms with Crippen LogP contribution in [0.1, 0.15) is 31.7 Å². The summed E-state index contributed by atoms with van der Waals surface area (Å²) in [6.07, 6.45) is 1.53. The molecule has 1 saturated heterocycles. The fourth-order valence-electron chi connectivity index (χ4n) is 2.16. The van der Waals surface area contributed by atoms with Crippen molar-refractivity contribution >= 4 is 11.6 Å². The summed E-state index contributed by atoms with van der Waals surface area (Å²) in [6.45, 7) is 7.21. The van der Waals surface area contributed by atoms with E-state index < -0.39 is 5.60 Å². The Bertz CT molecular complexity index is 431. The van der Waals surface area contributed by atoms with Crippen LogP contribution in [0.5, 0.6) is 0 Å². The van der Waals surface area contributed by atoms with Crippen molar-refractivity contribution in [3.63, 3.8) is 0 Å². The molecule has 1 aromatic rings. The minimum Gasteiger partial charge on any atom is -0.388 e. The van der Waals surface area contributed by atoms with Gasteiger partial charge in [0.1, 0.15) is 17.5 Å². The van der Waals surface area contributed by atoms with Crippen molar-refractivity contribution < 1.29 is 5.11 Å². The number of nitrogen functional groups attached to an aromatic ring is 1. The molecule has 94 valence electrons. The minimum absolute atomic E-state index is 0.540. The van der Waals surface area contributed by atoms with Crippen LogP contribution >= 0.6 is 0 Å². The normalized spacial score (nSPS) is 24.4. The van der Waals surface area contributed by atoms with Gasteiger partial charge in [0.15, 0.2) is 0 Å². The molecule has 0 bridgehead atoms. The summed E-state index contributed by atoms with van der Waals surface area (Å²) in [4.78, 5) is 10.8. The molecule has 3 N–H and O–H groups in total. The van der Waals surface area contributed by atoms with E-state index in [4.69, 9.17) is 5.73 Å². The summed E-state index contributed by atoms with van der Waals surface area (Å²) in [7, 11) is 0. The Kier molecular flexibility index (Phi) is 2.95. The molecule has 1 aliphatic heterocycles. The van der Waals surface area contributed by atoms with Crippen molar-refractivity contribution in [1.82, 2.24) is 9.97 Å². The maximum Gasteiger partial charge on any atom is 0.137 e. The lowest BCUT2D eigenvalue weighted by Gasteiger charge is -2.22. The number of aliphatic hydroxyl groups is 1. The van der Waals surface area contributed by atoms with Gasteiger partial charge in [-0.25, -0.2) is 9.97 Å². The van der Waals surface area contributed by atoms with Gasteiger partial charge >= 0.3 is 0 Å². The Hall–Kier alpha value is -1.36. The maximum absolute atomic E-state index is 10.00. The van der Waals surface area contributed by atoms with Gasteiger partial charge in [0.25, 0.3) is 0 Å². The SMILES string of the molecule is CCc1nc(N)c(C)c(N2CCC(C)(O)C2)n1. The number of aromatic nitrogens is 2. The average molecular weight is 236 g/mol. The van der Waals surface area contributed by atoms with Crippen molar-refractivity contribution in [2.75, 3.05) is 23.7 Å². The van der Waals surface area contributed by atoms with Crippen LogP contribution in [0.4, 0.5) is 11.6 Å². The Morgan fingerprint density at radius 3 is 2.71 bits per heavy atom. The first kappa shape index (κ1) is 12.1. The van der Waals surface area contributed by atoms with E-state index in [2.05, 4.69) is 14.9 Å². The van der Waals surface area contributed by atoms with Crippen LogP contribution in [0.15, 0.2) is 0 Å². The molecule has 2 heterocycles. The van der Waals surface area contributed by atoms with Crippen molar-refractivity contribution in [1.29, 1.82) is 0 Å². The monoisotopic (exact) mass is 236 g/mol. The molecule has 1 unspecified atom stereocenters. The second-order valence-corrected chi connectivity index (χ2v) is 5.00. The average Bonchev–Trinajstić information content (AvgIpc) is 2.62. The molecule has 1 fully saturated rings. The van der Waals surface area contributed by atoms with Gasteiger partial charge in [-0.15, -0.1) is 0 Å². The molecule has 1 aliphatic rings. The summed E-state index contributed by atoms with van der Waals surface area (Å²) in [5, 5.41) is 10.00. The number of aryl methyl sites for hydroxylation is 1. The summed E-state index contributed by atoms with van der Waals surface area (Å²) in [5.74, 6) is 2.17. The number of anilines is 2. The third kappa shape index (κ3) is 2.34. The van der Waals surface area contributed by atoms with Crippen LogP contribution < -0.4 is 10.6 Å². The standard InChI is InChI=1S/C12H20N4O/c1-4-9-14-10(13)8(2)11(15-9)16-6-5-12(3,17)7-16/h17H,4-7H2,1-3H3,(H2,13,14,15). The summed E-state index contributed by atoms with van der Waals surface area (Å²) >= 11 is 0. The molecule has 1 atom stereocenters. The third-order valence-electron chi connectivity index (χ3n) is 3.27. The second kappa shape index (κ2) is 4.14. The fourth-order valence-corrected chi connectivity index (χ4v) is 2.16. The van der Waals surface area contributed by atoms with E-state index in [1.165, 1.54) is 0 Å². The van der Waals surface area contributed by atoms with Gasteiger partial charge < -0.3 is 15.7 Å². The Morgan fingerprint density at radius 2 is 2.18 bits per heavy atom. The molecule has 0 spiro atoms. The molecule has 1 aromatic heterocycles. The number of rotatable bonds is 2. The van der Waals surface area contributed by atoms with Crippen LogP contribution in [-0.4, -0.2) is 33.8 Å². The van der Waals surface area contributed by atoms with Gasteiger partial charge in [-0.3, -0.25) is 0 Å². The predicted octanol–water partition coefficient (Wildman–Crippen LogP) is 0.891. The number of hydrogen-bond donors (Lipinski definition) is 2. The summed E-state index contributed by atoms with van der Waals surface area (Å²) < 4.78 is 0. The van der Waals surface area contributed by atoms with Crippen LogP contribution in [0.2, 0.25) is 0 Å². The molecule has 0 aromatic carbocycles. The van der Waals surface area contributed by atoms with Crippen molar-refractivity contribution in [2.24, 2.45) is 0 Å². The van der Waals surface area contributed by atoms with Crippen LogP contribution in [-0.2, 0) is 6.42 Å². The fraction of sp³-hybridized carbons (Fsp3) is 0.667. The van der Waals surface area contributed by atoms with Gasteiger partial charge in [-0.05, 0) is 20.3 Å². The van der Waals surface area contributed by atoms with Crippen LogP contribution in [0, 0.1) is 6.92 Å². The van der Waals surface area contributed by atoms with Gasteiger partial charge in [0.05, 0.1) is 5.60 Å². The summed E-state index contributed by atoms with van der Waals surface area (Å²) in [5.41, 5.74) is 6.17. The maximum atomic E-state index is 10.00. The Labute approximate surface area is 102 Å². The number of nitrogens with two attached hydrogens (primary N) is 1. The molecule has 5 heteroatoms. The highest BCUT2D eigenvalue weighted by molar-refractivity contribution is 5.57. The predicted molar refractivity (Wildman–Crippen MR) is 68.0 cm³/mol. The number of nitrogens with zero attached hydrogens (tertiary/aromatic N) is 3. The number of β-amino-alcohol motifs (C(OH)–C–C–N with tert-alkyl or cyclic N) is 1. The molecule has 17 heavy (non-hydrogen) atoms. The highest BCUT2D eigenvalue weighted by Gasteiger charge is 2.33. The highest BCUT2D eigenvalue weighted by Crippen LogP contribution is 2.29. The van der Waals surface area contributed by atoms with E-state index in [1.807, 2.05) is 20.8 Å².